The average Bonchev–Trinajstić information content (AvgIpc) is 2.62. The number of fused-ring (bicyclic) bond motifs is 3. The van der Waals surface area contributed by atoms with E-state index in [0.717, 1.165) is 23.5 Å². The van der Waals surface area contributed by atoms with Crippen molar-refractivity contribution >= 4 is 17.2 Å². The molecule has 0 spiro atoms. The molecule has 0 unspecified atom stereocenters. The quantitative estimate of drug-likeness (QED) is 0.579. The summed E-state index contributed by atoms with van der Waals surface area (Å²) in [4.78, 5) is 8.68. The second kappa shape index (κ2) is 1.94. The molecule has 0 amide bonds. The van der Waals surface area contributed by atoms with Gasteiger partial charge in [-0.25, -0.2) is 9.97 Å². The minimum Gasteiger partial charge on any atom is -0.305 e. The van der Waals surface area contributed by atoms with Gasteiger partial charge in [0.25, 0.3) is 0 Å². The van der Waals surface area contributed by atoms with Gasteiger partial charge in [0.2, 0.25) is 0 Å². The molecule has 2 aromatic rings. The van der Waals surface area contributed by atoms with Gasteiger partial charge >= 0.3 is 0 Å². The maximum atomic E-state index is 4.41. The summed E-state index contributed by atoms with van der Waals surface area (Å²) >= 11 is 0. The normalized spacial score (nSPS) is 14.0. The Hall–Kier alpha value is -1.64. The summed E-state index contributed by atoms with van der Waals surface area (Å²) in [5.41, 5.74) is 1.97. The highest BCUT2D eigenvalue weighted by molar-refractivity contribution is 5.74. The minimum atomic E-state index is 0.906. The van der Waals surface area contributed by atoms with Gasteiger partial charge in [0.15, 0.2) is 5.65 Å². The minimum absolute atomic E-state index is 0.906. The molecular weight excluding hydrogens is 150 g/mol. The number of nitrogens with zero attached hydrogens (tertiary/aromatic N) is 3. The van der Waals surface area contributed by atoms with Gasteiger partial charge in [0.1, 0.15) is 11.3 Å². The first-order valence-electron chi connectivity index (χ1n) is 3.93. The molecule has 58 valence electrons. The molecule has 0 radical (unpaired) electrons. The van der Waals surface area contributed by atoms with Crippen LogP contribution in [0.5, 0.6) is 0 Å². The third-order valence-corrected chi connectivity index (χ3v) is 2.09. The van der Waals surface area contributed by atoms with E-state index in [4.69, 9.17) is 0 Å². The molecule has 12 heavy (non-hydrogen) atoms. The third kappa shape index (κ3) is 0.605. The van der Waals surface area contributed by atoms with Crippen LogP contribution >= 0.6 is 0 Å². The predicted molar refractivity (Wildman–Crippen MR) is 46.6 cm³/mol. The van der Waals surface area contributed by atoms with Crippen molar-refractivity contribution in [3.63, 3.8) is 0 Å². The Morgan fingerprint density at radius 2 is 2.42 bits per heavy atom. The molecule has 3 heterocycles. The molecule has 0 aliphatic carbocycles. The molecule has 3 nitrogen and oxygen atoms in total. The van der Waals surface area contributed by atoms with Gasteiger partial charge in [-0.3, -0.25) is 0 Å². The van der Waals surface area contributed by atoms with Gasteiger partial charge in [-0.15, -0.1) is 0 Å². The molecule has 1 aliphatic rings. The number of hydrogen-bond donors (Lipinski definition) is 0. The first-order chi connectivity index (χ1) is 5.95. The highest BCUT2D eigenvalue weighted by Gasteiger charge is 2.10. The van der Waals surface area contributed by atoms with Gasteiger partial charge in [-0.2, -0.15) is 0 Å². The number of hydrogen-bond acceptors (Lipinski definition) is 2. The fourth-order valence-corrected chi connectivity index (χ4v) is 1.55. The fourth-order valence-electron chi connectivity index (χ4n) is 1.55. The van der Waals surface area contributed by atoms with Crippen LogP contribution < -0.4 is 0 Å². The average molecular weight is 157 g/mol. The number of rotatable bonds is 0. The van der Waals surface area contributed by atoms with E-state index in [2.05, 4.69) is 20.6 Å². The lowest BCUT2D eigenvalue weighted by Crippen LogP contribution is -1.93. The Balaban J connectivity index is 2.49. The summed E-state index contributed by atoms with van der Waals surface area (Å²) in [6, 6.07) is 3.90. The van der Waals surface area contributed by atoms with Crippen molar-refractivity contribution in [2.45, 2.75) is 6.54 Å². The molecule has 0 saturated heterocycles. The van der Waals surface area contributed by atoms with Gasteiger partial charge < -0.3 is 4.57 Å². The van der Waals surface area contributed by atoms with Crippen LogP contribution in [0.3, 0.4) is 0 Å². The Labute approximate surface area is 69.4 Å². The van der Waals surface area contributed by atoms with Gasteiger partial charge in [-0.1, -0.05) is 6.08 Å². The van der Waals surface area contributed by atoms with Crippen LogP contribution in [0.1, 0.15) is 5.82 Å². The summed E-state index contributed by atoms with van der Waals surface area (Å²) in [5.74, 6) is 1.02. The second-order valence-corrected chi connectivity index (χ2v) is 2.83. The summed E-state index contributed by atoms with van der Waals surface area (Å²) in [5, 5.41) is 0. The zero-order valence-electron chi connectivity index (χ0n) is 6.44. The highest BCUT2D eigenvalue weighted by Crippen LogP contribution is 2.18. The van der Waals surface area contributed by atoms with Gasteiger partial charge in [-0.05, 0) is 18.2 Å². The molecule has 3 rings (SSSR count). The number of allylic oxidation sites excluding steroid dienone is 1. The topological polar surface area (TPSA) is 30.7 Å². The van der Waals surface area contributed by atoms with E-state index in [9.17, 15) is 0 Å². The van der Waals surface area contributed by atoms with Crippen molar-refractivity contribution in [3.05, 3.63) is 30.2 Å². The predicted octanol–water partition coefficient (Wildman–Crippen LogP) is 1.46. The third-order valence-electron chi connectivity index (χ3n) is 2.09. The van der Waals surface area contributed by atoms with Crippen molar-refractivity contribution < 1.29 is 0 Å². The number of imidazole rings is 1. The lowest BCUT2D eigenvalue weighted by atomic mass is 10.4. The van der Waals surface area contributed by atoms with E-state index < -0.39 is 0 Å². The zero-order chi connectivity index (χ0) is 7.97. The van der Waals surface area contributed by atoms with Crippen LogP contribution in [0.15, 0.2) is 24.4 Å². The van der Waals surface area contributed by atoms with E-state index in [-0.39, 0.29) is 0 Å². The van der Waals surface area contributed by atoms with Crippen molar-refractivity contribution in [1.82, 2.24) is 14.5 Å². The highest BCUT2D eigenvalue weighted by atomic mass is 15.1. The zero-order valence-corrected chi connectivity index (χ0v) is 6.44. The maximum Gasteiger partial charge on any atom is 0.160 e. The smallest absolute Gasteiger partial charge is 0.160 e. The second-order valence-electron chi connectivity index (χ2n) is 2.83. The molecule has 0 bridgehead atoms. The SMILES string of the molecule is C1=Cc2nc3cccnc3n2C1. The Kier molecular flexibility index (Phi) is 0.961. The molecule has 0 fully saturated rings. The summed E-state index contributed by atoms with van der Waals surface area (Å²) in [7, 11) is 0. The first-order valence-corrected chi connectivity index (χ1v) is 3.93. The molecule has 0 aromatic carbocycles. The van der Waals surface area contributed by atoms with Gasteiger partial charge in [0.05, 0.1) is 0 Å². The van der Waals surface area contributed by atoms with E-state index >= 15 is 0 Å². The molecule has 3 heteroatoms. The standard InChI is InChI=1S/C9H7N3/c1-3-7-9(10-5-1)12-6-2-4-8(12)11-7/h1-5H,6H2. The Morgan fingerprint density at radius 3 is 3.42 bits per heavy atom. The summed E-state index contributed by atoms with van der Waals surface area (Å²) in [6.07, 6.45) is 5.92. The summed E-state index contributed by atoms with van der Waals surface area (Å²) in [6.45, 7) is 0.906. The monoisotopic (exact) mass is 157 g/mol. The van der Waals surface area contributed by atoms with Crippen molar-refractivity contribution in [2.75, 3.05) is 0 Å². The largest absolute Gasteiger partial charge is 0.305 e. The van der Waals surface area contributed by atoms with Crippen molar-refractivity contribution in [3.8, 4) is 0 Å². The number of aromatic nitrogens is 3. The molecular formula is C9H7N3. The van der Waals surface area contributed by atoms with Crippen molar-refractivity contribution in [1.29, 1.82) is 0 Å². The van der Waals surface area contributed by atoms with E-state index in [1.165, 1.54) is 0 Å². The van der Waals surface area contributed by atoms with Crippen LogP contribution in [0, 0.1) is 0 Å². The van der Waals surface area contributed by atoms with Crippen LogP contribution in [0.4, 0.5) is 0 Å². The van der Waals surface area contributed by atoms with E-state index in [1.807, 2.05) is 18.2 Å². The molecule has 0 N–H and O–H groups in total. The van der Waals surface area contributed by atoms with Gasteiger partial charge in [0, 0.05) is 12.7 Å². The lowest BCUT2D eigenvalue weighted by molar-refractivity contribution is 0.855. The van der Waals surface area contributed by atoms with Crippen LogP contribution in [0.25, 0.3) is 17.2 Å². The molecule has 0 atom stereocenters. The van der Waals surface area contributed by atoms with E-state index in [0.29, 0.717) is 0 Å². The maximum absolute atomic E-state index is 4.41. The molecule has 2 aromatic heterocycles. The fraction of sp³-hybridized carbons (Fsp3) is 0.111. The Bertz CT molecular complexity index is 468. The van der Waals surface area contributed by atoms with Crippen LogP contribution in [-0.2, 0) is 6.54 Å². The van der Waals surface area contributed by atoms with Crippen LogP contribution in [0.2, 0.25) is 0 Å². The van der Waals surface area contributed by atoms with E-state index in [1.54, 1.807) is 6.20 Å². The lowest BCUT2D eigenvalue weighted by Gasteiger charge is -1.94. The molecule has 1 aliphatic heterocycles. The van der Waals surface area contributed by atoms with Crippen LogP contribution in [-0.4, -0.2) is 14.5 Å². The molecule has 0 saturated carbocycles. The Morgan fingerprint density at radius 1 is 1.42 bits per heavy atom. The summed E-state index contributed by atoms with van der Waals surface area (Å²) < 4.78 is 2.11. The first kappa shape index (κ1) is 5.94. The van der Waals surface area contributed by atoms with Crippen molar-refractivity contribution in [2.24, 2.45) is 0 Å². The number of pyridine rings is 1.